The van der Waals surface area contributed by atoms with Crippen LogP contribution in [0.2, 0.25) is 0 Å². The van der Waals surface area contributed by atoms with Crippen LogP contribution in [0.4, 0.5) is 0 Å². The number of methoxy groups -OCH3 is 1. The van der Waals surface area contributed by atoms with E-state index in [1.54, 1.807) is 32.9 Å². The quantitative estimate of drug-likeness (QED) is 0.187. The maximum absolute atomic E-state index is 13.2. The zero-order chi connectivity index (χ0) is 33.6. The van der Waals surface area contributed by atoms with Crippen LogP contribution >= 0.6 is 0 Å². The minimum atomic E-state index is -2.43. The van der Waals surface area contributed by atoms with Crippen molar-refractivity contribution in [1.82, 2.24) is 0 Å². The summed E-state index contributed by atoms with van der Waals surface area (Å²) in [4.78, 5) is 50.9. The SMILES string of the molecule is C/C=C(/C)C(=O)OC(C)C(C)(O)C(=O)O[C@@H](C)[C@@](C)(O)C(=O)O[C@H](C)[C@@H](OC(=O)/C(C)=C\C)c1cc(OC)c2c(c1)OCO2. The number of ether oxygens (including phenoxy) is 7. The second kappa shape index (κ2) is 14.6. The summed E-state index contributed by atoms with van der Waals surface area (Å²) in [5.74, 6) is -2.94. The van der Waals surface area contributed by atoms with E-state index in [-0.39, 0.29) is 18.1 Å². The standard InChI is InChI=1S/C31H42O13/c1-11-16(3)26(32)42-19(6)30(8,36)29(35)43-20(7)31(9,37)28(34)41-18(5)24(44-27(33)17(4)12-2)21-13-22(38-10)25-23(14-21)39-15-40-25/h11-14,18-20,24,36-37H,15H2,1-10H3/b16-11-,17-12-/t18-,19?,20+,24-,30?,31-/m1/s1. The molecule has 244 valence electrons. The van der Waals surface area contributed by atoms with Crippen molar-refractivity contribution in [2.45, 2.75) is 97.9 Å². The highest BCUT2D eigenvalue weighted by Crippen LogP contribution is 2.44. The van der Waals surface area contributed by atoms with Gasteiger partial charge in [-0.05, 0) is 74.4 Å². The number of hydrogen-bond donors (Lipinski definition) is 2. The van der Waals surface area contributed by atoms with E-state index in [2.05, 4.69) is 0 Å². The topological polar surface area (TPSA) is 173 Å². The first kappa shape index (κ1) is 36.1. The molecule has 0 saturated carbocycles. The van der Waals surface area contributed by atoms with Gasteiger partial charge in [-0.15, -0.1) is 0 Å². The maximum atomic E-state index is 13.2. The highest BCUT2D eigenvalue weighted by molar-refractivity contribution is 5.89. The first-order chi connectivity index (χ1) is 20.4. The fourth-order valence-corrected chi connectivity index (χ4v) is 3.64. The van der Waals surface area contributed by atoms with Crippen LogP contribution in [-0.2, 0) is 38.1 Å². The minimum absolute atomic E-state index is 0.0508. The van der Waals surface area contributed by atoms with E-state index in [0.29, 0.717) is 22.6 Å². The van der Waals surface area contributed by atoms with Gasteiger partial charge in [0.1, 0.15) is 18.3 Å². The molecule has 1 aliphatic rings. The van der Waals surface area contributed by atoms with Crippen molar-refractivity contribution in [2.75, 3.05) is 13.9 Å². The Labute approximate surface area is 256 Å². The minimum Gasteiger partial charge on any atom is -0.493 e. The van der Waals surface area contributed by atoms with Crippen molar-refractivity contribution in [3.8, 4) is 17.2 Å². The highest BCUT2D eigenvalue weighted by Gasteiger charge is 2.47. The van der Waals surface area contributed by atoms with Crippen molar-refractivity contribution in [1.29, 1.82) is 0 Å². The van der Waals surface area contributed by atoms with Gasteiger partial charge in [0.2, 0.25) is 12.5 Å². The third-order valence-electron chi connectivity index (χ3n) is 7.45. The molecule has 13 heteroatoms. The predicted octanol–water partition coefficient (Wildman–Crippen LogP) is 3.24. The summed E-state index contributed by atoms with van der Waals surface area (Å²) in [7, 11) is 1.42. The molecule has 44 heavy (non-hydrogen) atoms. The summed E-state index contributed by atoms with van der Waals surface area (Å²) < 4.78 is 37.9. The molecule has 2 N–H and O–H groups in total. The second-order valence-corrected chi connectivity index (χ2v) is 10.7. The van der Waals surface area contributed by atoms with Crippen LogP contribution in [0.15, 0.2) is 35.4 Å². The Morgan fingerprint density at radius 1 is 0.818 bits per heavy atom. The van der Waals surface area contributed by atoms with E-state index in [1.807, 2.05) is 0 Å². The van der Waals surface area contributed by atoms with Crippen LogP contribution in [-0.4, -0.2) is 77.5 Å². The molecule has 2 rings (SSSR count). The summed E-state index contributed by atoms with van der Waals surface area (Å²) in [6.45, 7) is 12.4. The average molecular weight is 623 g/mol. The maximum Gasteiger partial charge on any atom is 0.342 e. The molecule has 0 radical (unpaired) electrons. The molecule has 13 nitrogen and oxygen atoms in total. The first-order valence-electron chi connectivity index (χ1n) is 13.9. The molecule has 2 unspecified atom stereocenters. The molecule has 0 bridgehead atoms. The van der Waals surface area contributed by atoms with Gasteiger partial charge in [-0.2, -0.15) is 0 Å². The van der Waals surface area contributed by atoms with Crippen molar-refractivity contribution in [2.24, 2.45) is 0 Å². The molecule has 0 saturated heterocycles. The number of benzene rings is 1. The molecule has 1 aromatic carbocycles. The third-order valence-corrected chi connectivity index (χ3v) is 7.45. The predicted molar refractivity (Wildman–Crippen MR) is 155 cm³/mol. The van der Waals surface area contributed by atoms with Gasteiger partial charge < -0.3 is 43.4 Å². The molecular formula is C31H42O13. The molecule has 1 heterocycles. The summed E-state index contributed by atoms with van der Waals surface area (Å²) in [5, 5.41) is 21.8. The largest absolute Gasteiger partial charge is 0.493 e. The van der Waals surface area contributed by atoms with Crippen LogP contribution in [0, 0.1) is 0 Å². The van der Waals surface area contributed by atoms with E-state index in [4.69, 9.17) is 33.2 Å². The molecule has 6 atom stereocenters. The number of hydrogen-bond acceptors (Lipinski definition) is 13. The molecule has 0 aromatic heterocycles. The number of allylic oxidation sites excluding steroid dienone is 2. The van der Waals surface area contributed by atoms with Crippen molar-refractivity contribution < 1.29 is 62.5 Å². The molecule has 0 amide bonds. The Morgan fingerprint density at radius 3 is 1.84 bits per heavy atom. The summed E-state index contributed by atoms with van der Waals surface area (Å²) in [6.07, 6.45) is -2.21. The average Bonchev–Trinajstić information content (AvgIpc) is 3.46. The lowest BCUT2D eigenvalue weighted by Gasteiger charge is -2.34. The molecular weight excluding hydrogens is 580 g/mol. The summed E-state index contributed by atoms with van der Waals surface area (Å²) in [6, 6.07) is 3.09. The van der Waals surface area contributed by atoms with Crippen molar-refractivity contribution in [3.05, 3.63) is 41.0 Å². The normalized spacial score (nSPS) is 18.5. The Bertz CT molecular complexity index is 1310. The lowest BCUT2D eigenvalue weighted by Crippen LogP contribution is -2.54. The lowest BCUT2D eigenvalue weighted by atomic mass is 9.98. The zero-order valence-corrected chi connectivity index (χ0v) is 26.7. The van der Waals surface area contributed by atoms with Gasteiger partial charge in [0, 0.05) is 16.7 Å². The number of carbonyl (C=O) groups is 4. The number of esters is 4. The second-order valence-electron chi connectivity index (χ2n) is 10.7. The third kappa shape index (κ3) is 8.08. The van der Waals surface area contributed by atoms with Crippen LogP contribution in [0.25, 0.3) is 0 Å². The van der Waals surface area contributed by atoms with Crippen molar-refractivity contribution in [3.63, 3.8) is 0 Å². The fraction of sp³-hybridized carbons (Fsp3) is 0.548. The van der Waals surface area contributed by atoms with Gasteiger partial charge in [-0.3, -0.25) is 0 Å². The van der Waals surface area contributed by atoms with E-state index < -0.39 is 59.5 Å². The summed E-state index contributed by atoms with van der Waals surface area (Å²) in [5.41, 5.74) is -3.86. The van der Waals surface area contributed by atoms with Gasteiger partial charge in [-0.1, -0.05) is 12.2 Å². The molecule has 0 spiro atoms. The Kier molecular flexibility index (Phi) is 12.0. The van der Waals surface area contributed by atoms with Gasteiger partial charge in [0.25, 0.3) is 0 Å². The first-order valence-corrected chi connectivity index (χ1v) is 13.9. The molecule has 0 aliphatic carbocycles. The Hall–Kier alpha value is -4.10. The Balaban J connectivity index is 2.26. The number of rotatable bonds is 13. The van der Waals surface area contributed by atoms with Crippen LogP contribution in [0.3, 0.4) is 0 Å². The van der Waals surface area contributed by atoms with Gasteiger partial charge >= 0.3 is 23.9 Å². The van der Waals surface area contributed by atoms with E-state index >= 15 is 0 Å². The van der Waals surface area contributed by atoms with E-state index in [9.17, 15) is 29.4 Å². The van der Waals surface area contributed by atoms with E-state index in [0.717, 1.165) is 13.8 Å². The summed E-state index contributed by atoms with van der Waals surface area (Å²) >= 11 is 0. The van der Waals surface area contributed by atoms with Gasteiger partial charge in [0.15, 0.2) is 28.8 Å². The molecule has 1 aliphatic heterocycles. The van der Waals surface area contributed by atoms with Crippen LogP contribution < -0.4 is 14.2 Å². The Morgan fingerprint density at radius 2 is 1.32 bits per heavy atom. The van der Waals surface area contributed by atoms with Crippen LogP contribution in [0.5, 0.6) is 17.2 Å². The lowest BCUT2D eigenvalue weighted by molar-refractivity contribution is -0.204. The number of fused-ring (bicyclic) bond motifs is 1. The smallest absolute Gasteiger partial charge is 0.342 e. The molecule has 1 aromatic rings. The fourth-order valence-electron chi connectivity index (χ4n) is 3.64. The van der Waals surface area contributed by atoms with Crippen LogP contribution in [0.1, 0.15) is 74.0 Å². The van der Waals surface area contributed by atoms with Gasteiger partial charge in [-0.25, -0.2) is 19.2 Å². The monoisotopic (exact) mass is 622 g/mol. The van der Waals surface area contributed by atoms with Crippen molar-refractivity contribution >= 4 is 23.9 Å². The zero-order valence-electron chi connectivity index (χ0n) is 26.7. The highest BCUT2D eigenvalue weighted by atomic mass is 16.7. The number of aliphatic hydroxyl groups is 2. The molecule has 0 fully saturated rings. The van der Waals surface area contributed by atoms with Gasteiger partial charge in [0.05, 0.1) is 7.11 Å². The van der Waals surface area contributed by atoms with E-state index in [1.165, 1.54) is 46.9 Å². The number of carbonyl (C=O) groups excluding carboxylic acids is 4.